The molecular weight excluding hydrogens is 429 g/mol. The first-order valence-electron chi connectivity index (χ1n) is 10.2. The molecule has 3 nitrogen and oxygen atoms in total. The minimum absolute atomic E-state index is 0.0424. The molecule has 31 heavy (non-hydrogen) atoms. The van der Waals surface area contributed by atoms with Crippen LogP contribution in [0.2, 0.25) is 10.0 Å². The third-order valence-electron chi connectivity index (χ3n) is 4.94. The first-order valence-corrected chi connectivity index (χ1v) is 11.0. The molecule has 162 valence electrons. The van der Waals surface area contributed by atoms with Crippen LogP contribution in [0, 0.1) is 0 Å². The average Bonchev–Trinajstić information content (AvgIpc) is 2.76. The number of hydrogen-bond acceptors (Lipinski definition) is 3. The molecule has 0 heterocycles. The standard InChI is InChI=1S/C26H27Cl2NO2/c1-29(2)16-18-31-24-13-7-21(8-14-24)26(20-5-11-23(28)12-6-20)25(15-17-30)19-3-9-22(27)10-4-19/h3-14,30H,15-18H2,1-2H3/b26-25-. The molecule has 0 aliphatic carbocycles. The Morgan fingerprint density at radius 1 is 0.774 bits per heavy atom. The Bertz CT molecular complexity index is 995. The van der Waals surface area contributed by atoms with Crippen molar-refractivity contribution in [3.63, 3.8) is 0 Å². The smallest absolute Gasteiger partial charge is 0.119 e. The first kappa shape index (κ1) is 23.4. The second kappa shape index (κ2) is 11.4. The van der Waals surface area contributed by atoms with Gasteiger partial charge in [-0.2, -0.15) is 0 Å². The minimum atomic E-state index is 0.0424. The zero-order chi connectivity index (χ0) is 22.2. The molecule has 0 fully saturated rings. The maximum absolute atomic E-state index is 9.82. The largest absolute Gasteiger partial charge is 0.492 e. The van der Waals surface area contributed by atoms with Gasteiger partial charge in [0.05, 0.1) is 0 Å². The summed E-state index contributed by atoms with van der Waals surface area (Å²) in [6.07, 6.45) is 0.515. The third kappa shape index (κ3) is 6.59. The van der Waals surface area contributed by atoms with E-state index < -0.39 is 0 Å². The van der Waals surface area contributed by atoms with Crippen LogP contribution in [-0.4, -0.2) is 43.9 Å². The maximum atomic E-state index is 9.82. The van der Waals surface area contributed by atoms with Gasteiger partial charge in [-0.3, -0.25) is 0 Å². The number of likely N-dealkylation sites (N-methyl/N-ethyl adjacent to an activating group) is 1. The molecule has 0 aliphatic rings. The molecule has 0 atom stereocenters. The highest BCUT2D eigenvalue weighted by molar-refractivity contribution is 6.31. The van der Waals surface area contributed by atoms with Crippen molar-refractivity contribution in [3.8, 4) is 5.75 Å². The molecule has 5 heteroatoms. The number of nitrogens with zero attached hydrogens (tertiary/aromatic N) is 1. The zero-order valence-electron chi connectivity index (χ0n) is 17.8. The molecule has 0 aliphatic heterocycles. The Balaban J connectivity index is 2.06. The van der Waals surface area contributed by atoms with Crippen LogP contribution < -0.4 is 4.74 Å². The zero-order valence-corrected chi connectivity index (χ0v) is 19.3. The second-order valence-corrected chi connectivity index (χ2v) is 8.39. The van der Waals surface area contributed by atoms with E-state index in [0.717, 1.165) is 40.1 Å². The van der Waals surface area contributed by atoms with Gasteiger partial charge in [0, 0.05) is 23.2 Å². The van der Waals surface area contributed by atoms with Crippen LogP contribution in [0.5, 0.6) is 5.75 Å². The summed E-state index contributed by atoms with van der Waals surface area (Å²) < 4.78 is 5.85. The predicted octanol–water partition coefficient (Wildman–Crippen LogP) is 6.28. The van der Waals surface area contributed by atoms with E-state index in [4.69, 9.17) is 27.9 Å². The summed E-state index contributed by atoms with van der Waals surface area (Å²) in [5.41, 5.74) is 5.19. The Kier molecular flexibility index (Phi) is 8.56. The minimum Gasteiger partial charge on any atom is -0.492 e. The molecule has 0 unspecified atom stereocenters. The summed E-state index contributed by atoms with van der Waals surface area (Å²) in [7, 11) is 4.05. The van der Waals surface area contributed by atoms with Crippen molar-refractivity contribution in [3.05, 3.63) is 99.5 Å². The molecule has 0 aromatic heterocycles. The second-order valence-electron chi connectivity index (χ2n) is 7.52. The van der Waals surface area contributed by atoms with E-state index >= 15 is 0 Å². The summed E-state index contributed by atoms with van der Waals surface area (Å²) in [6, 6.07) is 23.6. The molecule has 3 rings (SSSR count). The lowest BCUT2D eigenvalue weighted by Gasteiger charge is -2.18. The fourth-order valence-corrected chi connectivity index (χ4v) is 3.62. The lowest BCUT2D eigenvalue weighted by Crippen LogP contribution is -2.19. The highest BCUT2D eigenvalue weighted by atomic mass is 35.5. The summed E-state index contributed by atoms with van der Waals surface area (Å²) in [5.74, 6) is 0.830. The van der Waals surface area contributed by atoms with Crippen LogP contribution in [0.25, 0.3) is 11.1 Å². The van der Waals surface area contributed by atoms with Crippen LogP contribution in [0.1, 0.15) is 23.1 Å². The number of halogens is 2. The van der Waals surface area contributed by atoms with Gasteiger partial charge in [-0.05, 0) is 84.8 Å². The molecule has 0 amide bonds. The number of rotatable bonds is 9. The molecule has 0 saturated carbocycles. The monoisotopic (exact) mass is 455 g/mol. The predicted molar refractivity (Wildman–Crippen MR) is 131 cm³/mol. The van der Waals surface area contributed by atoms with Crippen molar-refractivity contribution in [2.45, 2.75) is 6.42 Å². The van der Waals surface area contributed by atoms with Gasteiger partial charge >= 0.3 is 0 Å². The molecular formula is C26H27Cl2NO2. The quantitative estimate of drug-likeness (QED) is 0.385. The van der Waals surface area contributed by atoms with E-state index in [-0.39, 0.29) is 6.61 Å². The molecule has 0 radical (unpaired) electrons. The Morgan fingerprint density at radius 3 is 1.74 bits per heavy atom. The van der Waals surface area contributed by atoms with Gasteiger partial charge in [0.15, 0.2) is 0 Å². The molecule has 0 bridgehead atoms. The summed E-state index contributed by atoms with van der Waals surface area (Å²) in [5, 5.41) is 11.2. The van der Waals surface area contributed by atoms with Gasteiger partial charge in [0.25, 0.3) is 0 Å². The highest BCUT2D eigenvalue weighted by Gasteiger charge is 2.14. The third-order valence-corrected chi connectivity index (χ3v) is 5.44. The highest BCUT2D eigenvalue weighted by Crippen LogP contribution is 2.35. The van der Waals surface area contributed by atoms with Gasteiger partial charge in [-0.1, -0.05) is 59.6 Å². The summed E-state index contributed by atoms with van der Waals surface area (Å²) in [4.78, 5) is 2.09. The lowest BCUT2D eigenvalue weighted by molar-refractivity contribution is 0.261. The Labute approximate surface area is 194 Å². The van der Waals surface area contributed by atoms with Gasteiger partial charge in [0.2, 0.25) is 0 Å². The lowest BCUT2D eigenvalue weighted by atomic mass is 9.88. The molecule has 1 N–H and O–H groups in total. The molecule has 3 aromatic carbocycles. The summed E-state index contributed by atoms with van der Waals surface area (Å²) >= 11 is 12.2. The Morgan fingerprint density at radius 2 is 1.26 bits per heavy atom. The van der Waals surface area contributed by atoms with E-state index in [2.05, 4.69) is 17.0 Å². The van der Waals surface area contributed by atoms with Crippen molar-refractivity contribution < 1.29 is 9.84 Å². The SMILES string of the molecule is CN(C)CCOc1ccc(/C(=C(/CCO)c2ccc(Cl)cc2)c2ccc(Cl)cc2)cc1. The van der Waals surface area contributed by atoms with Crippen LogP contribution in [0.3, 0.4) is 0 Å². The van der Waals surface area contributed by atoms with Crippen LogP contribution in [0.15, 0.2) is 72.8 Å². The fraction of sp³-hybridized carbons (Fsp3) is 0.231. The molecule has 0 spiro atoms. The Hall–Kier alpha value is -2.30. The van der Waals surface area contributed by atoms with E-state index in [0.29, 0.717) is 23.1 Å². The number of aliphatic hydroxyl groups is 1. The van der Waals surface area contributed by atoms with E-state index in [9.17, 15) is 5.11 Å². The van der Waals surface area contributed by atoms with Gasteiger partial charge in [0.1, 0.15) is 12.4 Å². The van der Waals surface area contributed by atoms with Crippen molar-refractivity contribution in [1.82, 2.24) is 4.90 Å². The topological polar surface area (TPSA) is 32.7 Å². The van der Waals surface area contributed by atoms with Gasteiger partial charge < -0.3 is 14.7 Å². The molecule has 3 aromatic rings. The van der Waals surface area contributed by atoms with Crippen molar-refractivity contribution >= 4 is 34.3 Å². The number of aliphatic hydroxyl groups excluding tert-OH is 1. The fourth-order valence-electron chi connectivity index (χ4n) is 3.37. The first-order chi connectivity index (χ1) is 15.0. The van der Waals surface area contributed by atoms with Crippen molar-refractivity contribution in [2.75, 3.05) is 33.9 Å². The van der Waals surface area contributed by atoms with Crippen LogP contribution in [0.4, 0.5) is 0 Å². The van der Waals surface area contributed by atoms with Crippen LogP contribution in [-0.2, 0) is 0 Å². The number of ether oxygens (including phenoxy) is 1. The number of hydrogen-bond donors (Lipinski definition) is 1. The molecule has 0 saturated heterocycles. The summed E-state index contributed by atoms with van der Waals surface area (Å²) in [6.45, 7) is 1.53. The van der Waals surface area contributed by atoms with Gasteiger partial charge in [-0.15, -0.1) is 0 Å². The van der Waals surface area contributed by atoms with E-state index in [1.165, 1.54) is 0 Å². The average molecular weight is 456 g/mol. The van der Waals surface area contributed by atoms with Crippen molar-refractivity contribution in [2.24, 2.45) is 0 Å². The van der Waals surface area contributed by atoms with Crippen molar-refractivity contribution in [1.29, 1.82) is 0 Å². The number of benzene rings is 3. The van der Waals surface area contributed by atoms with E-state index in [1.807, 2.05) is 74.8 Å². The maximum Gasteiger partial charge on any atom is 0.119 e. The van der Waals surface area contributed by atoms with E-state index in [1.54, 1.807) is 0 Å². The van der Waals surface area contributed by atoms with Crippen LogP contribution >= 0.6 is 23.2 Å². The normalized spacial score (nSPS) is 12.1. The van der Waals surface area contributed by atoms with Gasteiger partial charge in [-0.25, -0.2) is 0 Å².